The van der Waals surface area contributed by atoms with E-state index in [-0.39, 0.29) is 35.7 Å². The molecule has 2 saturated heterocycles. The van der Waals surface area contributed by atoms with Gasteiger partial charge in [0.15, 0.2) is 0 Å². The van der Waals surface area contributed by atoms with Crippen molar-refractivity contribution in [2.45, 2.75) is 38.7 Å². The first-order valence-electron chi connectivity index (χ1n) is 9.58. The van der Waals surface area contributed by atoms with Crippen LogP contribution in [0, 0.1) is 11.8 Å². The van der Waals surface area contributed by atoms with E-state index in [1.54, 1.807) is 24.3 Å². The second kappa shape index (κ2) is 7.27. The number of nitrogens with zero attached hydrogens (tertiary/aromatic N) is 1. The highest BCUT2D eigenvalue weighted by Crippen LogP contribution is 2.40. The molecule has 1 aliphatic carbocycles. The molecule has 0 aromatic heterocycles. The van der Waals surface area contributed by atoms with Gasteiger partial charge in [0.1, 0.15) is 0 Å². The molecule has 3 aliphatic rings. The standard InChI is InChI=1S/C21H24N2O4/c1-13-8-9-15-17(11-13)21(26)23(20(15)25)18-7-3-2-6-16(18)19(24)22-12-14-5-4-10-27-14/h2-3,6-8,14-15,17H,4-5,9-12H2,1H3,(H,22,24)/t14-,15+,17-/m1/s1. The molecular formula is C21H24N2O4. The largest absolute Gasteiger partial charge is 0.376 e. The molecule has 1 N–H and O–H groups in total. The van der Waals surface area contributed by atoms with E-state index in [1.807, 2.05) is 13.0 Å². The summed E-state index contributed by atoms with van der Waals surface area (Å²) in [5.74, 6) is -1.31. The van der Waals surface area contributed by atoms with Gasteiger partial charge in [-0.05, 0) is 44.7 Å². The van der Waals surface area contributed by atoms with Gasteiger partial charge in [-0.25, -0.2) is 4.90 Å². The number of anilines is 1. The number of amides is 3. The van der Waals surface area contributed by atoms with Crippen molar-refractivity contribution >= 4 is 23.4 Å². The first-order valence-corrected chi connectivity index (χ1v) is 9.58. The van der Waals surface area contributed by atoms with Crippen molar-refractivity contribution < 1.29 is 19.1 Å². The second-order valence-corrected chi connectivity index (χ2v) is 7.58. The number of ether oxygens (including phenoxy) is 1. The maximum absolute atomic E-state index is 13.0. The fraction of sp³-hybridized carbons (Fsp3) is 0.476. The lowest BCUT2D eigenvalue weighted by atomic mass is 9.82. The predicted octanol–water partition coefficient (Wildman–Crippen LogP) is 2.44. The molecule has 3 atom stereocenters. The lowest BCUT2D eigenvalue weighted by Gasteiger charge is -2.19. The third-order valence-electron chi connectivity index (χ3n) is 5.73. The molecule has 6 heteroatoms. The van der Waals surface area contributed by atoms with Crippen molar-refractivity contribution in [3.63, 3.8) is 0 Å². The van der Waals surface area contributed by atoms with Crippen LogP contribution in [0.15, 0.2) is 35.9 Å². The summed E-state index contributed by atoms with van der Waals surface area (Å²) in [4.78, 5) is 39.8. The van der Waals surface area contributed by atoms with E-state index in [0.717, 1.165) is 25.0 Å². The lowest BCUT2D eigenvalue weighted by Crippen LogP contribution is -2.36. The van der Waals surface area contributed by atoms with Crippen molar-refractivity contribution in [1.82, 2.24) is 5.32 Å². The summed E-state index contributed by atoms with van der Waals surface area (Å²) >= 11 is 0. The highest BCUT2D eigenvalue weighted by molar-refractivity contribution is 6.24. The first-order chi connectivity index (χ1) is 13.1. The van der Waals surface area contributed by atoms with Gasteiger partial charge in [0, 0.05) is 13.2 Å². The molecule has 6 nitrogen and oxygen atoms in total. The first kappa shape index (κ1) is 17.9. The molecule has 3 amide bonds. The van der Waals surface area contributed by atoms with Gasteiger partial charge in [-0.15, -0.1) is 0 Å². The third-order valence-corrected chi connectivity index (χ3v) is 5.73. The van der Waals surface area contributed by atoms with Crippen LogP contribution < -0.4 is 10.2 Å². The Labute approximate surface area is 158 Å². The van der Waals surface area contributed by atoms with E-state index >= 15 is 0 Å². The molecule has 0 radical (unpaired) electrons. The highest BCUT2D eigenvalue weighted by atomic mass is 16.5. The van der Waals surface area contributed by atoms with Gasteiger partial charge in [-0.1, -0.05) is 23.8 Å². The summed E-state index contributed by atoms with van der Waals surface area (Å²) in [5.41, 5.74) is 1.87. The Hall–Kier alpha value is -2.47. The van der Waals surface area contributed by atoms with E-state index < -0.39 is 0 Å². The summed E-state index contributed by atoms with van der Waals surface area (Å²) in [6.45, 7) is 3.15. The number of hydrogen-bond acceptors (Lipinski definition) is 4. The summed E-state index contributed by atoms with van der Waals surface area (Å²) in [6, 6.07) is 6.83. The molecular weight excluding hydrogens is 344 g/mol. The number of para-hydroxylation sites is 1. The summed E-state index contributed by atoms with van der Waals surface area (Å²) in [6.07, 6.45) is 5.21. The van der Waals surface area contributed by atoms with Crippen molar-refractivity contribution in [2.24, 2.45) is 11.8 Å². The number of carbonyl (C=O) groups is 3. The Bertz CT molecular complexity index is 810. The number of imide groups is 1. The fourth-order valence-corrected chi connectivity index (χ4v) is 4.24. The zero-order valence-electron chi connectivity index (χ0n) is 15.4. The van der Waals surface area contributed by atoms with E-state index in [4.69, 9.17) is 4.74 Å². The Balaban J connectivity index is 1.56. The van der Waals surface area contributed by atoms with Gasteiger partial charge >= 0.3 is 0 Å². The van der Waals surface area contributed by atoms with Gasteiger partial charge in [-0.3, -0.25) is 14.4 Å². The molecule has 0 saturated carbocycles. The Morgan fingerprint density at radius 3 is 2.78 bits per heavy atom. The average Bonchev–Trinajstić information content (AvgIpc) is 3.27. The topological polar surface area (TPSA) is 75.7 Å². The number of carbonyl (C=O) groups excluding carboxylic acids is 3. The van der Waals surface area contributed by atoms with Crippen molar-refractivity contribution in [1.29, 1.82) is 0 Å². The molecule has 27 heavy (non-hydrogen) atoms. The summed E-state index contributed by atoms with van der Waals surface area (Å²) in [7, 11) is 0. The molecule has 142 valence electrons. The SMILES string of the molecule is CC1=CC[C@@H]2C(=O)N(c3ccccc3C(=O)NC[C@H]3CCCO3)C(=O)[C@@H]2C1. The van der Waals surface area contributed by atoms with E-state index in [2.05, 4.69) is 5.32 Å². The summed E-state index contributed by atoms with van der Waals surface area (Å²) in [5, 5.41) is 2.88. The van der Waals surface area contributed by atoms with E-state index in [9.17, 15) is 14.4 Å². The summed E-state index contributed by atoms with van der Waals surface area (Å²) < 4.78 is 5.54. The number of nitrogens with one attached hydrogen (secondary N) is 1. The number of rotatable bonds is 4. The zero-order chi connectivity index (χ0) is 19.0. The molecule has 2 fully saturated rings. The molecule has 2 aliphatic heterocycles. The minimum Gasteiger partial charge on any atom is -0.376 e. The average molecular weight is 368 g/mol. The number of benzene rings is 1. The van der Waals surface area contributed by atoms with Crippen molar-refractivity contribution in [3.05, 3.63) is 41.5 Å². The van der Waals surface area contributed by atoms with Crippen LogP contribution in [0.2, 0.25) is 0 Å². The fourth-order valence-electron chi connectivity index (χ4n) is 4.24. The van der Waals surface area contributed by atoms with E-state index in [1.165, 1.54) is 4.90 Å². The minimum absolute atomic E-state index is 0.0353. The second-order valence-electron chi connectivity index (χ2n) is 7.58. The van der Waals surface area contributed by atoms with Crippen molar-refractivity contribution in [2.75, 3.05) is 18.1 Å². The molecule has 4 rings (SSSR count). The van der Waals surface area contributed by atoms with Crippen LogP contribution >= 0.6 is 0 Å². The van der Waals surface area contributed by atoms with Gasteiger partial charge in [-0.2, -0.15) is 0 Å². The van der Waals surface area contributed by atoms with Crippen LogP contribution in [0.4, 0.5) is 5.69 Å². The smallest absolute Gasteiger partial charge is 0.253 e. The van der Waals surface area contributed by atoms with Crippen LogP contribution in [-0.4, -0.2) is 37.0 Å². The minimum atomic E-state index is -0.316. The quantitative estimate of drug-likeness (QED) is 0.654. The van der Waals surface area contributed by atoms with Crippen LogP contribution in [0.25, 0.3) is 0 Å². The number of hydrogen-bond donors (Lipinski definition) is 1. The zero-order valence-corrected chi connectivity index (χ0v) is 15.4. The van der Waals surface area contributed by atoms with Crippen LogP contribution in [0.1, 0.15) is 43.0 Å². The normalized spacial score (nSPS) is 27.5. The highest BCUT2D eigenvalue weighted by Gasteiger charge is 2.49. The Kier molecular flexibility index (Phi) is 4.83. The Morgan fingerprint density at radius 1 is 1.22 bits per heavy atom. The van der Waals surface area contributed by atoms with Gasteiger partial charge in [0.25, 0.3) is 5.91 Å². The van der Waals surface area contributed by atoms with Gasteiger partial charge in [0.05, 0.1) is 29.2 Å². The van der Waals surface area contributed by atoms with Crippen molar-refractivity contribution in [3.8, 4) is 0 Å². The number of fused-ring (bicyclic) bond motifs is 1. The molecule has 0 spiro atoms. The molecule has 1 aromatic carbocycles. The maximum atomic E-state index is 13.0. The maximum Gasteiger partial charge on any atom is 0.253 e. The van der Waals surface area contributed by atoms with E-state index in [0.29, 0.717) is 30.6 Å². The third kappa shape index (κ3) is 3.30. The van der Waals surface area contributed by atoms with Crippen LogP contribution in [0.5, 0.6) is 0 Å². The Morgan fingerprint density at radius 2 is 2.00 bits per heavy atom. The molecule has 0 unspecified atom stereocenters. The molecule has 2 heterocycles. The molecule has 1 aromatic rings. The lowest BCUT2D eigenvalue weighted by molar-refractivity contribution is -0.122. The van der Waals surface area contributed by atoms with Crippen LogP contribution in [0.3, 0.4) is 0 Å². The van der Waals surface area contributed by atoms with Gasteiger partial charge < -0.3 is 10.1 Å². The predicted molar refractivity (Wildman–Crippen MR) is 100 cm³/mol. The van der Waals surface area contributed by atoms with Crippen LogP contribution in [-0.2, 0) is 14.3 Å². The van der Waals surface area contributed by atoms with Gasteiger partial charge in [0.2, 0.25) is 11.8 Å². The monoisotopic (exact) mass is 368 g/mol. The number of allylic oxidation sites excluding steroid dienone is 2. The molecule has 0 bridgehead atoms.